The molecule has 0 aliphatic heterocycles. The molecule has 6 nitrogen and oxygen atoms in total. The average molecular weight is 444 g/mol. The lowest BCUT2D eigenvalue weighted by Crippen LogP contribution is -2.28. The number of hydrogen-bond donors (Lipinski definition) is 0. The first-order chi connectivity index (χ1) is 15.9. The third-order valence-electron chi connectivity index (χ3n) is 5.58. The van der Waals surface area contributed by atoms with Crippen LogP contribution in [0, 0.1) is 6.92 Å². The van der Waals surface area contributed by atoms with Crippen molar-refractivity contribution in [2.24, 2.45) is 0 Å². The van der Waals surface area contributed by atoms with E-state index in [0.29, 0.717) is 24.0 Å². The van der Waals surface area contributed by atoms with E-state index in [4.69, 9.17) is 9.47 Å². The van der Waals surface area contributed by atoms with Crippen LogP contribution >= 0.6 is 0 Å². The Labute approximate surface area is 191 Å². The number of carbonyl (C=O) groups is 4. The van der Waals surface area contributed by atoms with Gasteiger partial charge in [-0.2, -0.15) is 0 Å². The number of allylic oxidation sites excluding steroid dienone is 2. The van der Waals surface area contributed by atoms with Gasteiger partial charge >= 0.3 is 11.9 Å². The largest absolute Gasteiger partial charge is 0.425 e. The maximum Gasteiger partial charge on any atom is 0.311 e. The molecule has 2 aromatic rings. The molecular formula is C27H24O6. The average Bonchev–Trinajstić information content (AvgIpc) is 2.79. The number of fused-ring (bicyclic) bond motifs is 3. The Morgan fingerprint density at radius 1 is 0.697 bits per heavy atom. The molecule has 2 aliphatic carbocycles. The third-order valence-corrected chi connectivity index (χ3v) is 5.58. The molecule has 6 heteroatoms. The van der Waals surface area contributed by atoms with Crippen LogP contribution in [0.2, 0.25) is 0 Å². The molecule has 4 rings (SSSR count). The highest BCUT2D eigenvalue weighted by molar-refractivity contribution is 6.34. The van der Waals surface area contributed by atoms with Gasteiger partial charge in [0.25, 0.3) is 0 Å². The summed E-state index contributed by atoms with van der Waals surface area (Å²) in [6, 6.07) is 11.8. The third kappa shape index (κ3) is 3.93. The molecule has 0 aromatic heterocycles. The predicted molar refractivity (Wildman–Crippen MR) is 122 cm³/mol. The van der Waals surface area contributed by atoms with Crippen molar-refractivity contribution in [1.82, 2.24) is 0 Å². The summed E-state index contributed by atoms with van der Waals surface area (Å²) in [6.07, 6.45) is 1.46. The molecular weight excluding hydrogens is 420 g/mol. The maximum atomic E-state index is 13.6. The molecule has 0 unspecified atom stereocenters. The number of Topliss-reactive ketones (excluding diaryl/α,β-unsaturated/α-hetero) is 2. The lowest BCUT2D eigenvalue weighted by molar-refractivity contribution is -0.137. The summed E-state index contributed by atoms with van der Waals surface area (Å²) in [7, 11) is 0. The molecule has 0 saturated heterocycles. The van der Waals surface area contributed by atoms with Crippen LogP contribution in [-0.2, 0) is 19.1 Å². The van der Waals surface area contributed by atoms with Gasteiger partial charge in [-0.15, -0.1) is 0 Å². The van der Waals surface area contributed by atoms with Crippen molar-refractivity contribution in [2.45, 2.75) is 46.5 Å². The first-order valence-corrected chi connectivity index (χ1v) is 11.1. The molecule has 0 amide bonds. The van der Waals surface area contributed by atoms with E-state index >= 15 is 0 Å². The molecule has 33 heavy (non-hydrogen) atoms. The molecule has 0 heterocycles. The van der Waals surface area contributed by atoms with Gasteiger partial charge < -0.3 is 9.47 Å². The standard InChI is InChI=1S/C27H24O6/c1-4-8-20(28)32-26-18-11-7-6-10-16(18)24(30)23-22(26)25(31)17-13-12-15(3)14-19(17)27(23)33-21(29)9-5-2/h6-7,10-14H,4-5,8-9H2,1-3H3. The van der Waals surface area contributed by atoms with E-state index in [2.05, 4.69) is 0 Å². The number of hydrogen-bond acceptors (Lipinski definition) is 6. The summed E-state index contributed by atoms with van der Waals surface area (Å²) >= 11 is 0. The first-order valence-electron chi connectivity index (χ1n) is 11.1. The van der Waals surface area contributed by atoms with E-state index in [1.165, 1.54) is 0 Å². The van der Waals surface area contributed by atoms with Gasteiger partial charge in [-0.25, -0.2) is 0 Å². The Morgan fingerprint density at radius 2 is 1.18 bits per heavy atom. The topological polar surface area (TPSA) is 86.7 Å². The van der Waals surface area contributed by atoms with Crippen LogP contribution in [0.3, 0.4) is 0 Å². The summed E-state index contributed by atoms with van der Waals surface area (Å²) < 4.78 is 11.4. The van der Waals surface area contributed by atoms with E-state index in [1.807, 2.05) is 20.8 Å². The molecule has 0 saturated carbocycles. The lowest BCUT2D eigenvalue weighted by atomic mass is 9.76. The second-order valence-electron chi connectivity index (χ2n) is 8.11. The second-order valence-corrected chi connectivity index (χ2v) is 8.11. The van der Waals surface area contributed by atoms with Crippen LogP contribution in [0.5, 0.6) is 0 Å². The number of esters is 2. The van der Waals surface area contributed by atoms with Gasteiger partial charge in [-0.1, -0.05) is 55.8 Å². The zero-order chi connectivity index (χ0) is 23.7. The zero-order valence-electron chi connectivity index (χ0n) is 18.8. The highest BCUT2D eigenvalue weighted by Gasteiger charge is 2.43. The van der Waals surface area contributed by atoms with Crippen molar-refractivity contribution in [3.63, 3.8) is 0 Å². The minimum absolute atomic E-state index is 0.0268. The molecule has 2 aromatic carbocycles. The van der Waals surface area contributed by atoms with E-state index in [1.54, 1.807) is 42.5 Å². The maximum absolute atomic E-state index is 13.6. The van der Waals surface area contributed by atoms with Crippen LogP contribution in [0.15, 0.2) is 53.6 Å². The molecule has 0 spiro atoms. The monoisotopic (exact) mass is 444 g/mol. The smallest absolute Gasteiger partial charge is 0.311 e. The van der Waals surface area contributed by atoms with Crippen molar-refractivity contribution in [3.8, 4) is 0 Å². The molecule has 0 atom stereocenters. The van der Waals surface area contributed by atoms with Crippen molar-refractivity contribution < 1.29 is 28.7 Å². The van der Waals surface area contributed by atoms with Crippen LogP contribution in [0.25, 0.3) is 11.5 Å². The van der Waals surface area contributed by atoms with Gasteiger partial charge in [0, 0.05) is 35.1 Å². The van der Waals surface area contributed by atoms with Crippen LogP contribution in [0.1, 0.15) is 76.9 Å². The number of carbonyl (C=O) groups excluding carboxylic acids is 4. The second kappa shape index (κ2) is 8.98. The summed E-state index contributed by atoms with van der Waals surface area (Å²) in [5, 5.41) is 0. The number of ether oxygens (including phenoxy) is 2. The molecule has 0 bridgehead atoms. The van der Waals surface area contributed by atoms with Gasteiger partial charge in [0.15, 0.2) is 23.1 Å². The van der Waals surface area contributed by atoms with E-state index in [0.717, 1.165) is 5.56 Å². The van der Waals surface area contributed by atoms with E-state index in [-0.39, 0.29) is 46.6 Å². The molecule has 0 fully saturated rings. The highest BCUT2D eigenvalue weighted by atomic mass is 16.5. The summed E-state index contributed by atoms with van der Waals surface area (Å²) in [5.41, 5.74) is 2.08. The van der Waals surface area contributed by atoms with Crippen LogP contribution < -0.4 is 0 Å². The van der Waals surface area contributed by atoms with Gasteiger partial charge in [0.05, 0.1) is 11.1 Å². The normalized spacial score (nSPS) is 14.5. The fraction of sp³-hybridized carbons (Fsp3) is 0.259. The molecule has 168 valence electrons. The molecule has 2 aliphatic rings. The van der Waals surface area contributed by atoms with Gasteiger partial charge in [0.2, 0.25) is 0 Å². The summed E-state index contributed by atoms with van der Waals surface area (Å²) in [4.78, 5) is 52.2. The van der Waals surface area contributed by atoms with Crippen LogP contribution in [0.4, 0.5) is 0 Å². The first kappa shape index (κ1) is 22.4. The van der Waals surface area contributed by atoms with E-state index < -0.39 is 23.5 Å². The Hall–Kier alpha value is -3.80. The van der Waals surface area contributed by atoms with Crippen molar-refractivity contribution in [2.75, 3.05) is 0 Å². The fourth-order valence-corrected chi connectivity index (χ4v) is 4.07. The Morgan fingerprint density at radius 3 is 1.73 bits per heavy atom. The molecule has 0 N–H and O–H groups in total. The van der Waals surface area contributed by atoms with Gasteiger partial charge in [-0.3, -0.25) is 19.2 Å². The summed E-state index contributed by atoms with van der Waals surface area (Å²) in [5.74, 6) is -1.84. The number of ketones is 2. The number of aryl methyl sites for hydroxylation is 1. The van der Waals surface area contributed by atoms with E-state index in [9.17, 15) is 19.2 Å². The van der Waals surface area contributed by atoms with Gasteiger partial charge in [-0.05, 0) is 25.8 Å². The van der Waals surface area contributed by atoms with Crippen LogP contribution in [-0.4, -0.2) is 23.5 Å². The highest BCUT2D eigenvalue weighted by Crippen LogP contribution is 2.45. The lowest BCUT2D eigenvalue weighted by Gasteiger charge is -2.29. The Balaban J connectivity index is 2.05. The fourth-order valence-electron chi connectivity index (χ4n) is 4.07. The number of benzene rings is 2. The minimum Gasteiger partial charge on any atom is -0.425 e. The van der Waals surface area contributed by atoms with Crippen molar-refractivity contribution in [3.05, 3.63) is 81.4 Å². The zero-order valence-corrected chi connectivity index (χ0v) is 18.8. The Kier molecular flexibility index (Phi) is 6.09. The van der Waals surface area contributed by atoms with Gasteiger partial charge in [0.1, 0.15) is 0 Å². The number of rotatable bonds is 6. The quantitative estimate of drug-likeness (QED) is 0.570. The molecule has 0 radical (unpaired) electrons. The Bertz CT molecular complexity index is 1260. The SMILES string of the molecule is CCCC(=O)OC1=C2C(=O)c3ccc(C)cc3C(OC(=O)CCC)=C2C(=O)c2ccccc21. The van der Waals surface area contributed by atoms with Crippen molar-refractivity contribution >= 4 is 35.0 Å². The van der Waals surface area contributed by atoms with Crippen molar-refractivity contribution in [1.29, 1.82) is 0 Å². The summed E-state index contributed by atoms with van der Waals surface area (Å²) in [6.45, 7) is 5.54. The predicted octanol–water partition coefficient (Wildman–Crippen LogP) is 5.20. The minimum atomic E-state index is -0.504.